The van der Waals surface area contributed by atoms with Crippen LogP contribution in [-0.2, 0) is 26.2 Å². The average Bonchev–Trinajstić information content (AvgIpc) is 3.18. The molecule has 0 saturated heterocycles. The van der Waals surface area contributed by atoms with Crippen molar-refractivity contribution in [3.63, 3.8) is 0 Å². The van der Waals surface area contributed by atoms with E-state index in [-0.39, 0.29) is 18.3 Å². The first-order chi connectivity index (χ1) is 13.1. The number of esters is 1. The summed E-state index contributed by atoms with van der Waals surface area (Å²) in [4.78, 5) is 24.8. The van der Waals surface area contributed by atoms with Gasteiger partial charge < -0.3 is 10.1 Å². The van der Waals surface area contributed by atoms with Crippen molar-refractivity contribution < 1.29 is 18.7 Å². The van der Waals surface area contributed by atoms with E-state index in [0.717, 1.165) is 18.4 Å². The number of hydrogen-bond acceptors (Lipinski definition) is 3. The van der Waals surface area contributed by atoms with E-state index < -0.39 is 11.4 Å². The molecule has 27 heavy (non-hydrogen) atoms. The molecule has 1 aliphatic carbocycles. The summed E-state index contributed by atoms with van der Waals surface area (Å²) in [5, 5.41) is 2.76. The van der Waals surface area contributed by atoms with Crippen molar-refractivity contribution in [3.05, 3.63) is 71.5 Å². The van der Waals surface area contributed by atoms with E-state index in [4.69, 9.17) is 4.74 Å². The number of halogens is 1. The first-order valence-corrected chi connectivity index (χ1v) is 9.34. The van der Waals surface area contributed by atoms with Crippen LogP contribution in [0.4, 0.5) is 4.39 Å². The zero-order chi connectivity index (χ0) is 19.1. The SMILES string of the molecule is O=C(COC(=O)C1(c2cccc(F)c2)CCCC1)NCCc1ccccc1. The molecule has 3 rings (SSSR count). The molecule has 1 fully saturated rings. The smallest absolute Gasteiger partial charge is 0.317 e. The van der Waals surface area contributed by atoms with Crippen LogP contribution in [0.2, 0.25) is 0 Å². The van der Waals surface area contributed by atoms with Crippen LogP contribution < -0.4 is 5.32 Å². The Morgan fingerprint density at radius 3 is 2.48 bits per heavy atom. The molecule has 0 atom stereocenters. The summed E-state index contributed by atoms with van der Waals surface area (Å²) < 4.78 is 18.9. The predicted molar refractivity (Wildman–Crippen MR) is 101 cm³/mol. The second-order valence-corrected chi connectivity index (χ2v) is 6.96. The predicted octanol–water partition coefficient (Wildman–Crippen LogP) is 3.54. The summed E-state index contributed by atoms with van der Waals surface area (Å²) in [5.74, 6) is -1.14. The van der Waals surface area contributed by atoms with Gasteiger partial charge in [-0.05, 0) is 42.5 Å². The Morgan fingerprint density at radius 1 is 1.04 bits per heavy atom. The molecule has 2 aromatic carbocycles. The zero-order valence-corrected chi connectivity index (χ0v) is 15.2. The van der Waals surface area contributed by atoms with E-state index in [9.17, 15) is 14.0 Å². The van der Waals surface area contributed by atoms with Crippen molar-refractivity contribution in [1.82, 2.24) is 5.32 Å². The molecule has 0 aromatic heterocycles. The van der Waals surface area contributed by atoms with Gasteiger partial charge in [-0.3, -0.25) is 9.59 Å². The first kappa shape index (κ1) is 19.1. The second kappa shape index (κ2) is 8.80. The molecule has 0 heterocycles. The minimum atomic E-state index is -0.841. The summed E-state index contributed by atoms with van der Waals surface area (Å²) in [5.41, 5.74) is 0.923. The summed E-state index contributed by atoms with van der Waals surface area (Å²) in [6, 6.07) is 16.0. The number of hydrogen-bond donors (Lipinski definition) is 1. The van der Waals surface area contributed by atoms with Gasteiger partial charge in [0.15, 0.2) is 6.61 Å². The van der Waals surface area contributed by atoms with Crippen LogP contribution in [0.3, 0.4) is 0 Å². The molecule has 1 aliphatic rings. The lowest BCUT2D eigenvalue weighted by Crippen LogP contribution is -2.38. The number of carbonyl (C=O) groups excluding carboxylic acids is 2. The molecule has 142 valence electrons. The average molecular weight is 369 g/mol. The fourth-order valence-corrected chi connectivity index (χ4v) is 3.69. The second-order valence-electron chi connectivity index (χ2n) is 6.96. The highest BCUT2D eigenvalue weighted by molar-refractivity contribution is 5.86. The number of ether oxygens (including phenoxy) is 1. The highest BCUT2D eigenvalue weighted by Crippen LogP contribution is 2.42. The highest BCUT2D eigenvalue weighted by atomic mass is 19.1. The lowest BCUT2D eigenvalue weighted by Gasteiger charge is -2.27. The summed E-state index contributed by atoms with van der Waals surface area (Å²) >= 11 is 0. The molecule has 1 saturated carbocycles. The van der Waals surface area contributed by atoms with Gasteiger partial charge in [0.1, 0.15) is 5.82 Å². The zero-order valence-electron chi connectivity index (χ0n) is 15.2. The maximum atomic E-state index is 13.6. The maximum Gasteiger partial charge on any atom is 0.317 e. The molecule has 0 unspecified atom stereocenters. The van der Waals surface area contributed by atoms with E-state index >= 15 is 0 Å². The van der Waals surface area contributed by atoms with Crippen LogP contribution in [0, 0.1) is 5.82 Å². The van der Waals surface area contributed by atoms with Crippen molar-refractivity contribution in [2.24, 2.45) is 0 Å². The maximum absolute atomic E-state index is 13.6. The van der Waals surface area contributed by atoms with Crippen LogP contribution in [0.1, 0.15) is 36.8 Å². The van der Waals surface area contributed by atoms with Crippen LogP contribution in [0.15, 0.2) is 54.6 Å². The van der Waals surface area contributed by atoms with Crippen molar-refractivity contribution >= 4 is 11.9 Å². The first-order valence-electron chi connectivity index (χ1n) is 9.34. The van der Waals surface area contributed by atoms with Gasteiger partial charge in [0.2, 0.25) is 0 Å². The van der Waals surface area contributed by atoms with Gasteiger partial charge in [-0.1, -0.05) is 55.3 Å². The van der Waals surface area contributed by atoms with Crippen molar-refractivity contribution in [1.29, 1.82) is 0 Å². The molecular formula is C22H24FNO3. The number of rotatable bonds is 7. The summed E-state index contributed by atoms with van der Waals surface area (Å²) in [6.45, 7) is 0.167. The van der Waals surface area contributed by atoms with Gasteiger partial charge in [-0.2, -0.15) is 0 Å². The third kappa shape index (κ3) is 4.73. The molecule has 1 N–H and O–H groups in total. The molecule has 0 aliphatic heterocycles. The monoisotopic (exact) mass is 369 g/mol. The highest BCUT2D eigenvalue weighted by Gasteiger charge is 2.44. The molecule has 0 spiro atoms. The number of amides is 1. The van der Waals surface area contributed by atoms with E-state index in [1.165, 1.54) is 12.1 Å². The van der Waals surface area contributed by atoms with Crippen LogP contribution in [0.5, 0.6) is 0 Å². The fraction of sp³-hybridized carbons (Fsp3) is 0.364. The number of benzene rings is 2. The molecule has 5 heteroatoms. The van der Waals surface area contributed by atoms with E-state index in [1.807, 2.05) is 30.3 Å². The van der Waals surface area contributed by atoms with Crippen molar-refractivity contribution in [2.45, 2.75) is 37.5 Å². The third-order valence-electron chi connectivity index (χ3n) is 5.14. The third-order valence-corrected chi connectivity index (χ3v) is 5.14. The van der Waals surface area contributed by atoms with E-state index in [2.05, 4.69) is 5.32 Å². The van der Waals surface area contributed by atoms with E-state index in [1.54, 1.807) is 12.1 Å². The van der Waals surface area contributed by atoms with Crippen molar-refractivity contribution in [2.75, 3.05) is 13.2 Å². The number of carbonyl (C=O) groups is 2. The van der Waals surface area contributed by atoms with Gasteiger partial charge in [0, 0.05) is 6.54 Å². The largest absolute Gasteiger partial charge is 0.455 e. The standard InChI is InChI=1S/C22H24FNO3/c23-19-10-6-9-18(15-19)22(12-4-5-13-22)21(26)27-16-20(25)24-14-11-17-7-2-1-3-8-17/h1-3,6-10,15H,4-5,11-14,16H2,(H,24,25). The Hall–Kier alpha value is -2.69. The molecule has 0 bridgehead atoms. The van der Waals surface area contributed by atoms with Crippen LogP contribution >= 0.6 is 0 Å². The van der Waals surface area contributed by atoms with Gasteiger partial charge in [-0.15, -0.1) is 0 Å². The Morgan fingerprint density at radius 2 is 1.78 bits per heavy atom. The van der Waals surface area contributed by atoms with Gasteiger partial charge in [0.25, 0.3) is 5.91 Å². The van der Waals surface area contributed by atoms with Crippen LogP contribution in [-0.4, -0.2) is 25.0 Å². The lowest BCUT2D eigenvalue weighted by atomic mass is 9.79. The summed E-state index contributed by atoms with van der Waals surface area (Å²) in [6.07, 6.45) is 3.72. The Balaban J connectivity index is 1.53. The Labute approximate surface area is 158 Å². The molecular weight excluding hydrogens is 345 g/mol. The van der Waals surface area contributed by atoms with Gasteiger partial charge in [-0.25, -0.2) is 4.39 Å². The molecule has 4 nitrogen and oxygen atoms in total. The minimum Gasteiger partial charge on any atom is -0.455 e. The quantitative estimate of drug-likeness (QED) is 0.760. The Bertz CT molecular complexity index is 785. The van der Waals surface area contributed by atoms with E-state index in [0.29, 0.717) is 31.4 Å². The lowest BCUT2D eigenvalue weighted by molar-refractivity contribution is -0.154. The molecule has 1 amide bonds. The van der Waals surface area contributed by atoms with Gasteiger partial charge in [0.05, 0.1) is 5.41 Å². The minimum absolute atomic E-state index is 0.315. The van der Waals surface area contributed by atoms with Gasteiger partial charge >= 0.3 is 5.97 Å². The topological polar surface area (TPSA) is 55.4 Å². The summed E-state index contributed by atoms with van der Waals surface area (Å²) in [7, 11) is 0. The molecule has 0 radical (unpaired) electrons. The number of nitrogens with one attached hydrogen (secondary N) is 1. The Kier molecular flexibility index (Phi) is 6.22. The fourth-order valence-electron chi connectivity index (χ4n) is 3.69. The molecule has 2 aromatic rings. The van der Waals surface area contributed by atoms with Crippen molar-refractivity contribution in [3.8, 4) is 0 Å². The normalized spacial score (nSPS) is 15.3. The van der Waals surface area contributed by atoms with Crippen LogP contribution in [0.25, 0.3) is 0 Å².